The molecule has 0 bridgehead atoms. The maximum Gasteiger partial charge on any atom is 0.323 e. The zero-order valence-electron chi connectivity index (χ0n) is 17.3. The number of carbonyl (C=O) groups is 1. The van der Waals surface area contributed by atoms with Gasteiger partial charge in [0.2, 0.25) is 0 Å². The van der Waals surface area contributed by atoms with Gasteiger partial charge in [0.05, 0.1) is 5.69 Å². The summed E-state index contributed by atoms with van der Waals surface area (Å²) in [6.45, 7) is 4.05. The number of amides is 2. The van der Waals surface area contributed by atoms with Gasteiger partial charge in [-0.05, 0) is 55.3 Å². The van der Waals surface area contributed by atoms with E-state index in [1.165, 1.54) is 10.5 Å². The summed E-state index contributed by atoms with van der Waals surface area (Å²) in [7, 11) is 0. The summed E-state index contributed by atoms with van der Waals surface area (Å²) in [6.07, 6.45) is 1.67. The molecular formula is C24H22N4O3. The van der Waals surface area contributed by atoms with Crippen LogP contribution in [0.4, 0.5) is 16.2 Å². The highest BCUT2D eigenvalue weighted by Crippen LogP contribution is 2.20. The lowest BCUT2D eigenvalue weighted by Gasteiger charge is -2.12. The van der Waals surface area contributed by atoms with E-state index in [2.05, 4.69) is 15.6 Å². The molecular weight excluding hydrogens is 392 g/mol. The fourth-order valence-corrected chi connectivity index (χ4v) is 3.15. The smallest absolute Gasteiger partial charge is 0.323 e. The predicted octanol–water partition coefficient (Wildman–Crippen LogP) is 4.53. The van der Waals surface area contributed by atoms with Crippen LogP contribution in [0.2, 0.25) is 0 Å². The SMILES string of the molecule is Cc1ccc(C)c(NC(=O)Nc2cccc(OCc3cc(=O)n4ccccc4n3)c2)c1. The maximum absolute atomic E-state index is 12.4. The van der Waals surface area contributed by atoms with E-state index in [4.69, 9.17) is 4.74 Å². The Morgan fingerprint density at radius 1 is 1.00 bits per heavy atom. The Balaban J connectivity index is 1.42. The fraction of sp³-hybridized carbons (Fsp3) is 0.125. The Labute approximate surface area is 179 Å². The molecule has 2 amide bonds. The van der Waals surface area contributed by atoms with E-state index in [0.717, 1.165) is 16.8 Å². The van der Waals surface area contributed by atoms with E-state index in [0.29, 0.717) is 22.8 Å². The number of urea groups is 1. The first-order valence-corrected chi connectivity index (χ1v) is 9.83. The van der Waals surface area contributed by atoms with Crippen molar-refractivity contribution in [2.45, 2.75) is 20.5 Å². The van der Waals surface area contributed by atoms with E-state index >= 15 is 0 Å². The quantitative estimate of drug-likeness (QED) is 0.502. The molecule has 156 valence electrons. The molecule has 0 unspecified atom stereocenters. The number of fused-ring (bicyclic) bond motifs is 1. The van der Waals surface area contributed by atoms with E-state index in [-0.39, 0.29) is 18.2 Å². The molecule has 0 aliphatic carbocycles. The van der Waals surface area contributed by atoms with Crippen LogP contribution in [0, 0.1) is 13.8 Å². The Bertz CT molecular complexity index is 1310. The van der Waals surface area contributed by atoms with Crippen LogP contribution < -0.4 is 20.9 Å². The summed E-state index contributed by atoms with van der Waals surface area (Å²) in [5.74, 6) is 0.555. The van der Waals surface area contributed by atoms with Crippen LogP contribution in [-0.4, -0.2) is 15.4 Å². The first kappa shape index (κ1) is 20.2. The maximum atomic E-state index is 12.4. The summed E-state index contributed by atoms with van der Waals surface area (Å²) in [4.78, 5) is 29.0. The molecule has 4 aromatic rings. The lowest BCUT2D eigenvalue weighted by molar-refractivity contribution is 0.262. The van der Waals surface area contributed by atoms with Crippen molar-refractivity contribution in [3.63, 3.8) is 0 Å². The topological polar surface area (TPSA) is 84.7 Å². The Kier molecular flexibility index (Phi) is 5.66. The number of aromatic nitrogens is 2. The molecule has 31 heavy (non-hydrogen) atoms. The second-order valence-corrected chi connectivity index (χ2v) is 7.23. The summed E-state index contributed by atoms with van der Waals surface area (Å²) < 4.78 is 7.26. The molecule has 0 atom stereocenters. The van der Waals surface area contributed by atoms with Gasteiger partial charge in [0.25, 0.3) is 5.56 Å². The number of ether oxygens (including phenoxy) is 1. The number of hydrogen-bond acceptors (Lipinski definition) is 4. The molecule has 7 nitrogen and oxygen atoms in total. The van der Waals surface area contributed by atoms with Crippen molar-refractivity contribution in [2.24, 2.45) is 0 Å². The second-order valence-electron chi connectivity index (χ2n) is 7.23. The van der Waals surface area contributed by atoms with Crippen molar-refractivity contribution in [2.75, 3.05) is 10.6 Å². The van der Waals surface area contributed by atoms with Crippen molar-refractivity contribution in [1.82, 2.24) is 9.38 Å². The van der Waals surface area contributed by atoms with E-state index in [1.807, 2.05) is 38.1 Å². The van der Waals surface area contributed by atoms with Crippen LogP contribution in [0.1, 0.15) is 16.8 Å². The van der Waals surface area contributed by atoms with Gasteiger partial charge < -0.3 is 15.4 Å². The van der Waals surface area contributed by atoms with Crippen LogP contribution in [0.15, 0.2) is 77.7 Å². The van der Waals surface area contributed by atoms with Gasteiger partial charge in [-0.25, -0.2) is 9.78 Å². The van der Waals surface area contributed by atoms with Gasteiger partial charge >= 0.3 is 6.03 Å². The number of nitrogens with zero attached hydrogens (tertiary/aromatic N) is 2. The molecule has 0 spiro atoms. The first-order chi connectivity index (χ1) is 15.0. The lowest BCUT2D eigenvalue weighted by atomic mass is 10.1. The standard InChI is InChI=1S/C24H22N4O3/c1-16-9-10-17(2)21(12-16)27-24(30)26-18-6-5-7-20(13-18)31-15-19-14-23(29)28-11-4-3-8-22(28)25-19/h3-14H,15H2,1-2H3,(H2,26,27,30). The third-order valence-electron chi connectivity index (χ3n) is 4.74. The first-order valence-electron chi connectivity index (χ1n) is 9.83. The van der Waals surface area contributed by atoms with E-state index in [9.17, 15) is 9.59 Å². The third-order valence-corrected chi connectivity index (χ3v) is 4.74. The minimum Gasteiger partial charge on any atom is -0.487 e. The predicted molar refractivity (Wildman–Crippen MR) is 121 cm³/mol. The Hall–Kier alpha value is -4.13. The van der Waals surface area contributed by atoms with Gasteiger partial charge in [-0.2, -0.15) is 0 Å². The molecule has 2 heterocycles. The molecule has 7 heteroatoms. The second kappa shape index (κ2) is 8.71. The van der Waals surface area contributed by atoms with Gasteiger partial charge in [-0.1, -0.05) is 24.3 Å². The number of carbonyl (C=O) groups excluding carboxylic acids is 1. The average Bonchev–Trinajstić information content (AvgIpc) is 2.75. The molecule has 0 fully saturated rings. The van der Waals surface area contributed by atoms with Gasteiger partial charge in [-0.3, -0.25) is 9.20 Å². The van der Waals surface area contributed by atoms with Gasteiger partial charge in [-0.15, -0.1) is 0 Å². The highest BCUT2D eigenvalue weighted by atomic mass is 16.5. The zero-order valence-corrected chi connectivity index (χ0v) is 17.3. The normalized spacial score (nSPS) is 10.6. The average molecular weight is 414 g/mol. The van der Waals surface area contributed by atoms with Crippen molar-refractivity contribution >= 4 is 23.1 Å². The molecule has 0 aliphatic rings. The molecule has 2 aromatic heterocycles. The number of rotatable bonds is 5. The fourth-order valence-electron chi connectivity index (χ4n) is 3.15. The number of anilines is 2. The highest BCUT2D eigenvalue weighted by molar-refractivity contribution is 6.00. The van der Waals surface area contributed by atoms with E-state index in [1.54, 1.807) is 42.6 Å². The Morgan fingerprint density at radius 2 is 1.87 bits per heavy atom. The number of benzene rings is 2. The molecule has 0 radical (unpaired) electrons. The van der Waals surface area contributed by atoms with Crippen molar-refractivity contribution in [1.29, 1.82) is 0 Å². The minimum atomic E-state index is -0.338. The van der Waals surface area contributed by atoms with Gasteiger partial charge in [0, 0.05) is 29.7 Å². The van der Waals surface area contributed by atoms with Crippen molar-refractivity contribution in [3.8, 4) is 5.75 Å². The Morgan fingerprint density at radius 3 is 2.74 bits per heavy atom. The minimum absolute atomic E-state index is 0.138. The largest absolute Gasteiger partial charge is 0.487 e. The van der Waals surface area contributed by atoms with Crippen molar-refractivity contribution < 1.29 is 9.53 Å². The van der Waals surface area contributed by atoms with Crippen molar-refractivity contribution in [3.05, 3.63) is 100 Å². The van der Waals surface area contributed by atoms with Gasteiger partial charge in [0.15, 0.2) is 0 Å². The summed E-state index contributed by atoms with van der Waals surface area (Å²) in [6, 6.07) is 19.4. The van der Waals surface area contributed by atoms with Crippen LogP contribution in [0.3, 0.4) is 0 Å². The molecule has 2 N–H and O–H groups in total. The highest BCUT2D eigenvalue weighted by Gasteiger charge is 2.07. The molecule has 0 saturated carbocycles. The lowest BCUT2D eigenvalue weighted by Crippen LogP contribution is -2.20. The zero-order chi connectivity index (χ0) is 21.8. The number of aryl methyl sites for hydroxylation is 2. The van der Waals surface area contributed by atoms with E-state index < -0.39 is 0 Å². The summed E-state index contributed by atoms with van der Waals surface area (Å²) >= 11 is 0. The van der Waals surface area contributed by atoms with Crippen LogP contribution in [0.25, 0.3) is 5.65 Å². The summed E-state index contributed by atoms with van der Waals surface area (Å²) in [5.41, 5.74) is 4.33. The number of hydrogen-bond donors (Lipinski definition) is 2. The monoisotopic (exact) mass is 414 g/mol. The van der Waals surface area contributed by atoms with Crippen LogP contribution in [0.5, 0.6) is 5.75 Å². The number of nitrogens with one attached hydrogen (secondary N) is 2. The molecule has 4 rings (SSSR count). The third kappa shape index (κ3) is 4.90. The summed E-state index contributed by atoms with van der Waals surface area (Å²) in [5, 5.41) is 5.67. The molecule has 0 saturated heterocycles. The molecule has 2 aromatic carbocycles. The van der Waals surface area contributed by atoms with Crippen LogP contribution in [-0.2, 0) is 6.61 Å². The molecule has 0 aliphatic heterocycles. The van der Waals surface area contributed by atoms with Crippen LogP contribution >= 0.6 is 0 Å². The number of pyridine rings is 1. The van der Waals surface area contributed by atoms with Gasteiger partial charge in [0.1, 0.15) is 18.0 Å².